The molecule has 3 rings (SSSR count). The van der Waals surface area contributed by atoms with E-state index in [0.717, 1.165) is 17.5 Å². The SMILES string of the molecule is CC(=O)N1CC(N)(C(=O)O)Cc2ccc3c(c21)OCC3. The van der Waals surface area contributed by atoms with Gasteiger partial charge in [-0.2, -0.15) is 0 Å². The standard InChI is InChI=1S/C14H16N2O4/c1-8(17)16-7-14(15,13(18)19)6-10-3-2-9-4-5-20-12(9)11(10)16/h2-3H,4-7,15H2,1H3,(H,18,19). The highest BCUT2D eigenvalue weighted by molar-refractivity contribution is 5.98. The summed E-state index contributed by atoms with van der Waals surface area (Å²) in [6, 6.07) is 3.77. The second-order valence-corrected chi connectivity index (χ2v) is 5.40. The second kappa shape index (κ2) is 4.21. The summed E-state index contributed by atoms with van der Waals surface area (Å²) >= 11 is 0. The first-order chi connectivity index (χ1) is 9.42. The maximum Gasteiger partial charge on any atom is 0.325 e. The average molecular weight is 276 g/mol. The van der Waals surface area contributed by atoms with Crippen molar-refractivity contribution in [1.82, 2.24) is 0 Å². The van der Waals surface area contributed by atoms with E-state index in [9.17, 15) is 14.7 Å². The molecule has 0 bridgehead atoms. The number of rotatable bonds is 1. The van der Waals surface area contributed by atoms with Gasteiger partial charge in [0.05, 0.1) is 18.8 Å². The van der Waals surface area contributed by atoms with Crippen LogP contribution in [0.15, 0.2) is 12.1 Å². The predicted molar refractivity (Wildman–Crippen MR) is 71.9 cm³/mol. The maximum atomic E-state index is 11.9. The molecule has 1 aromatic carbocycles. The number of nitrogens with two attached hydrogens (primary N) is 1. The van der Waals surface area contributed by atoms with Crippen LogP contribution >= 0.6 is 0 Å². The van der Waals surface area contributed by atoms with Gasteiger partial charge in [-0.3, -0.25) is 9.59 Å². The maximum absolute atomic E-state index is 11.9. The molecule has 1 unspecified atom stereocenters. The van der Waals surface area contributed by atoms with E-state index in [1.54, 1.807) is 0 Å². The Balaban J connectivity index is 2.16. The molecule has 1 aromatic rings. The van der Waals surface area contributed by atoms with Crippen molar-refractivity contribution in [1.29, 1.82) is 0 Å². The molecule has 6 nitrogen and oxygen atoms in total. The largest absolute Gasteiger partial charge is 0.491 e. The minimum absolute atomic E-state index is 0.0372. The molecule has 2 aliphatic rings. The van der Waals surface area contributed by atoms with Crippen molar-refractivity contribution >= 4 is 17.6 Å². The van der Waals surface area contributed by atoms with E-state index >= 15 is 0 Å². The number of ether oxygens (including phenoxy) is 1. The number of amides is 1. The predicted octanol–water partition coefficient (Wildman–Crippen LogP) is 0.313. The van der Waals surface area contributed by atoms with Crippen LogP contribution in [0.3, 0.4) is 0 Å². The zero-order valence-corrected chi connectivity index (χ0v) is 11.2. The van der Waals surface area contributed by atoms with Crippen molar-refractivity contribution in [2.24, 2.45) is 5.73 Å². The summed E-state index contributed by atoms with van der Waals surface area (Å²) in [5.74, 6) is -0.633. The van der Waals surface area contributed by atoms with Crippen LogP contribution in [0.2, 0.25) is 0 Å². The van der Waals surface area contributed by atoms with Gasteiger partial charge in [0, 0.05) is 19.8 Å². The number of hydrogen-bond donors (Lipinski definition) is 2. The van der Waals surface area contributed by atoms with Crippen LogP contribution < -0.4 is 15.4 Å². The summed E-state index contributed by atoms with van der Waals surface area (Å²) in [6.07, 6.45) is 0.999. The number of carboxylic acids is 1. The fourth-order valence-electron chi connectivity index (χ4n) is 2.88. The molecule has 106 valence electrons. The summed E-state index contributed by atoms with van der Waals surface area (Å²) in [4.78, 5) is 24.7. The molecule has 0 aliphatic carbocycles. The first kappa shape index (κ1) is 12.9. The Morgan fingerprint density at radius 2 is 2.10 bits per heavy atom. The molecule has 0 saturated carbocycles. The van der Waals surface area contributed by atoms with Gasteiger partial charge in [0.15, 0.2) is 0 Å². The van der Waals surface area contributed by atoms with Gasteiger partial charge in [-0.1, -0.05) is 12.1 Å². The Hall–Kier alpha value is -2.08. The van der Waals surface area contributed by atoms with E-state index in [0.29, 0.717) is 18.0 Å². The van der Waals surface area contributed by atoms with Crippen LogP contribution in [0.25, 0.3) is 0 Å². The van der Waals surface area contributed by atoms with Gasteiger partial charge in [-0.15, -0.1) is 0 Å². The van der Waals surface area contributed by atoms with Gasteiger partial charge in [0.25, 0.3) is 0 Å². The minimum Gasteiger partial charge on any atom is -0.491 e. The number of carboxylic acid groups (broad SMARTS) is 1. The zero-order valence-electron chi connectivity index (χ0n) is 11.2. The molecule has 0 aromatic heterocycles. The number of anilines is 1. The van der Waals surface area contributed by atoms with Gasteiger partial charge in [-0.05, 0) is 11.1 Å². The number of fused-ring (bicyclic) bond motifs is 3. The molecule has 20 heavy (non-hydrogen) atoms. The number of benzene rings is 1. The molecule has 0 spiro atoms. The van der Waals surface area contributed by atoms with Gasteiger partial charge in [-0.25, -0.2) is 0 Å². The zero-order chi connectivity index (χ0) is 14.5. The molecular weight excluding hydrogens is 260 g/mol. The first-order valence-corrected chi connectivity index (χ1v) is 6.50. The lowest BCUT2D eigenvalue weighted by Gasteiger charge is -2.38. The molecule has 2 aliphatic heterocycles. The average Bonchev–Trinajstić information content (AvgIpc) is 2.85. The third-order valence-electron chi connectivity index (χ3n) is 3.94. The van der Waals surface area contributed by atoms with E-state index < -0.39 is 11.5 Å². The molecule has 6 heteroatoms. The molecule has 2 heterocycles. The van der Waals surface area contributed by atoms with Crippen LogP contribution in [0.5, 0.6) is 5.75 Å². The lowest BCUT2D eigenvalue weighted by atomic mass is 9.85. The van der Waals surface area contributed by atoms with Crippen molar-refractivity contribution in [2.45, 2.75) is 25.3 Å². The highest BCUT2D eigenvalue weighted by atomic mass is 16.5. The Kier molecular flexibility index (Phi) is 2.72. The van der Waals surface area contributed by atoms with Gasteiger partial charge < -0.3 is 20.5 Å². The van der Waals surface area contributed by atoms with Gasteiger partial charge >= 0.3 is 5.97 Å². The molecule has 3 N–H and O–H groups in total. The number of nitrogens with zero attached hydrogens (tertiary/aromatic N) is 1. The Labute approximate surface area is 116 Å². The quantitative estimate of drug-likeness (QED) is 0.770. The third kappa shape index (κ3) is 1.76. The van der Waals surface area contributed by atoms with Crippen LogP contribution in [0, 0.1) is 0 Å². The summed E-state index contributed by atoms with van der Waals surface area (Å²) in [5, 5.41) is 9.32. The van der Waals surface area contributed by atoms with Crippen LogP contribution in [-0.2, 0) is 22.4 Å². The molecular formula is C14H16N2O4. The number of carbonyl (C=O) groups excluding carboxylic acids is 1. The summed E-state index contributed by atoms with van der Waals surface area (Å²) < 4.78 is 5.62. The molecule has 0 saturated heterocycles. The van der Waals surface area contributed by atoms with E-state index in [1.165, 1.54) is 11.8 Å². The summed E-state index contributed by atoms with van der Waals surface area (Å²) in [6.45, 7) is 1.96. The lowest BCUT2D eigenvalue weighted by Crippen LogP contribution is -2.61. The smallest absolute Gasteiger partial charge is 0.325 e. The van der Waals surface area contributed by atoms with Crippen molar-refractivity contribution in [3.63, 3.8) is 0 Å². The van der Waals surface area contributed by atoms with Crippen LogP contribution in [-0.4, -0.2) is 35.7 Å². The highest BCUT2D eigenvalue weighted by Gasteiger charge is 2.44. The fourth-order valence-corrected chi connectivity index (χ4v) is 2.88. The highest BCUT2D eigenvalue weighted by Crippen LogP contribution is 2.43. The number of hydrogen-bond acceptors (Lipinski definition) is 4. The Morgan fingerprint density at radius 1 is 1.40 bits per heavy atom. The van der Waals surface area contributed by atoms with Crippen LogP contribution in [0.4, 0.5) is 5.69 Å². The second-order valence-electron chi connectivity index (χ2n) is 5.40. The van der Waals surface area contributed by atoms with E-state index in [1.807, 2.05) is 12.1 Å². The van der Waals surface area contributed by atoms with E-state index in [-0.39, 0.29) is 18.9 Å². The first-order valence-electron chi connectivity index (χ1n) is 6.50. The topological polar surface area (TPSA) is 92.9 Å². The van der Waals surface area contributed by atoms with Crippen molar-refractivity contribution < 1.29 is 19.4 Å². The number of aliphatic carboxylic acids is 1. The lowest BCUT2D eigenvalue weighted by molar-refractivity contribution is -0.143. The van der Waals surface area contributed by atoms with Crippen molar-refractivity contribution in [3.05, 3.63) is 23.3 Å². The third-order valence-corrected chi connectivity index (χ3v) is 3.94. The minimum atomic E-state index is -1.45. The summed E-state index contributed by atoms with van der Waals surface area (Å²) in [5.41, 5.74) is 6.99. The van der Waals surface area contributed by atoms with E-state index in [2.05, 4.69) is 0 Å². The monoisotopic (exact) mass is 276 g/mol. The summed E-state index contributed by atoms with van der Waals surface area (Å²) in [7, 11) is 0. The molecule has 0 radical (unpaired) electrons. The van der Waals surface area contributed by atoms with Crippen LogP contribution in [0.1, 0.15) is 18.1 Å². The Morgan fingerprint density at radius 3 is 2.75 bits per heavy atom. The van der Waals surface area contributed by atoms with Crippen molar-refractivity contribution in [2.75, 3.05) is 18.1 Å². The van der Waals surface area contributed by atoms with Gasteiger partial charge in [0.1, 0.15) is 11.3 Å². The molecule has 1 atom stereocenters. The van der Waals surface area contributed by atoms with Crippen molar-refractivity contribution in [3.8, 4) is 5.75 Å². The molecule has 0 fully saturated rings. The number of carbonyl (C=O) groups is 2. The van der Waals surface area contributed by atoms with Gasteiger partial charge in [0.2, 0.25) is 5.91 Å². The fraction of sp³-hybridized carbons (Fsp3) is 0.429. The Bertz CT molecular complexity index is 613. The van der Waals surface area contributed by atoms with E-state index in [4.69, 9.17) is 10.5 Å². The molecule has 1 amide bonds. The normalized spacial score (nSPS) is 23.8.